The van der Waals surface area contributed by atoms with Gasteiger partial charge in [0.2, 0.25) is 5.91 Å². The zero-order valence-electron chi connectivity index (χ0n) is 16.9. The molecule has 0 fully saturated rings. The first-order valence-corrected chi connectivity index (χ1v) is 13.1. The molecule has 3 aromatic rings. The molecule has 1 N–H and O–H groups in total. The third-order valence-corrected chi connectivity index (χ3v) is 8.18. The molecule has 4 rings (SSSR count). The van der Waals surface area contributed by atoms with Gasteiger partial charge in [0.1, 0.15) is 4.90 Å². The van der Waals surface area contributed by atoms with Crippen molar-refractivity contribution in [2.24, 2.45) is 0 Å². The van der Waals surface area contributed by atoms with Crippen molar-refractivity contribution in [2.75, 3.05) is 28.2 Å². The first-order valence-electron chi connectivity index (χ1n) is 9.50. The van der Waals surface area contributed by atoms with E-state index in [1.807, 2.05) is 42.7 Å². The van der Waals surface area contributed by atoms with Crippen molar-refractivity contribution >= 4 is 50.8 Å². The number of para-hydroxylation sites is 1. The summed E-state index contributed by atoms with van der Waals surface area (Å²) < 4.78 is 27.4. The average Bonchev–Trinajstić information content (AvgIpc) is 2.78. The summed E-state index contributed by atoms with van der Waals surface area (Å²) in [6.45, 7) is 2.10. The maximum absolute atomic E-state index is 13.0. The number of amides is 1. The predicted octanol–water partition coefficient (Wildman–Crippen LogP) is 4.12. The number of hydrogen-bond donors (Lipinski definition) is 1. The Morgan fingerprint density at radius 1 is 1.16 bits per heavy atom. The van der Waals surface area contributed by atoms with Crippen LogP contribution in [0.15, 0.2) is 69.7 Å². The molecule has 7 nitrogen and oxygen atoms in total. The van der Waals surface area contributed by atoms with Gasteiger partial charge < -0.3 is 5.32 Å². The van der Waals surface area contributed by atoms with E-state index in [0.29, 0.717) is 23.1 Å². The molecule has 1 aliphatic heterocycles. The second-order valence-electron chi connectivity index (χ2n) is 6.62. The van der Waals surface area contributed by atoms with Crippen LogP contribution < -0.4 is 9.62 Å². The Balaban J connectivity index is 1.56. The predicted molar refractivity (Wildman–Crippen MR) is 125 cm³/mol. The smallest absolute Gasteiger partial charge is 0.268 e. The van der Waals surface area contributed by atoms with Gasteiger partial charge in [0.05, 0.1) is 23.3 Å². The molecule has 160 valence electrons. The number of rotatable bonds is 6. The molecular weight excluding hydrogens is 452 g/mol. The van der Waals surface area contributed by atoms with Crippen molar-refractivity contribution in [1.82, 2.24) is 9.97 Å². The quantitative estimate of drug-likeness (QED) is 0.426. The molecule has 10 heteroatoms. The number of aromatic nitrogens is 2. The molecule has 31 heavy (non-hydrogen) atoms. The van der Waals surface area contributed by atoms with Gasteiger partial charge in [-0.3, -0.25) is 9.10 Å². The van der Waals surface area contributed by atoms with Crippen molar-refractivity contribution in [1.29, 1.82) is 0 Å². The molecule has 2 heterocycles. The summed E-state index contributed by atoms with van der Waals surface area (Å²) in [4.78, 5) is 22.2. The summed E-state index contributed by atoms with van der Waals surface area (Å²) >= 11 is 2.76. The number of carbonyl (C=O) groups excluding carboxylic acids is 1. The van der Waals surface area contributed by atoms with Crippen molar-refractivity contribution in [3.8, 4) is 11.3 Å². The largest absolute Gasteiger partial charge is 0.325 e. The van der Waals surface area contributed by atoms with Crippen molar-refractivity contribution in [3.63, 3.8) is 0 Å². The molecular formula is C21H20N4O3S3. The Morgan fingerprint density at radius 2 is 1.97 bits per heavy atom. The van der Waals surface area contributed by atoms with Gasteiger partial charge >= 0.3 is 0 Å². The van der Waals surface area contributed by atoms with Crippen molar-refractivity contribution < 1.29 is 13.2 Å². The minimum absolute atomic E-state index is 0.0794. The van der Waals surface area contributed by atoms with Crippen LogP contribution in [0.4, 0.5) is 11.4 Å². The molecule has 1 aliphatic rings. The van der Waals surface area contributed by atoms with Crippen molar-refractivity contribution in [3.05, 3.63) is 54.7 Å². The van der Waals surface area contributed by atoms with E-state index in [9.17, 15) is 13.2 Å². The minimum Gasteiger partial charge on any atom is -0.325 e. The van der Waals surface area contributed by atoms with Gasteiger partial charge in [0, 0.05) is 22.7 Å². The molecule has 0 bridgehead atoms. The van der Waals surface area contributed by atoms with Gasteiger partial charge in [0.15, 0.2) is 5.16 Å². The Labute approximate surface area is 189 Å². The van der Waals surface area contributed by atoms with Crippen LogP contribution in [0.5, 0.6) is 0 Å². The number of thioether (sulfide) groups is 2. The summed E-state index contributed by atoms with van der Waals surface area (Å²) in [5.41, 5.74) is 2.42. The Hall–Kier alpha value is -2.56. The third kappa shape index (κ3) is 4.28. The molecule has 0 saturated carbocycles. The zero-order chi connectivity index (χ0) is 22.0. The fraction of sp³-hybridized carbons (Fsp3) is 0.190. The maximum Gasteiger partial charge on any atom is 0.268 e. The third-order valence-electron chi connectivity index (χ3n) is 4.70. The average molecular weight is 473 g/mol. The molecule has 0 unspecified atom stereocenters. The van der Waals surface area contributed by atoms with Crippen LogP contribution in [0, 0.1) is 0 Å². The van der Waals surface area contributed by atoms with Gasteiger partial charge in [-0.05, 0) is 37.4 Å². The van der Waals surface area contributed by atoms with E-state index in [-0.39, 0.29) is 16.6 Å². The van der Waals surface area contributed by atoms with E-state index < -0.39 is 10.0 Å². The molecule has 1 amide bonds. The summed E-state index contributed by atoms with van der Waals surface area (Å²) in [6, 6.07) is 14.9. The molecule has 1 aromatic heterocycles. The highest BCUT2D eigenvalue weighted by Gasteiger charge is 2.35. The summed E-state index contributed by atoms with van der Waals surface area (Å²) in [7, 11) is -3.72. The standard InChI is InChI=1S/C21H20N4O3S3/c1-3-25-17-10-5-4-9-16(17)20-18(31(25,27)28)12-22-21(24-20)30-13-19(26)23-14-7-6-8-15(11-14)29-2/h4-12H,3,13H2,1-2H3,(H,23,26). The number of fused-ring (bicyclic) bond motifs is 3. The van der Waals surface area contributed by atoms with Crippen LogP contribution in [0.25, 0.3) is 11.3 Å². The van der Waals surface area contributed by atoms with E-state index in [2.05, 4.69) is 15.3 Å². The second-order valence-corrected chi connectivity index (χ2v) is 10.3. The highest BCUT2D eigenvalue weighted by atomic mass is 32.2. The number of benzene rings is 2. The van der Waals surface area contributed by atoms with Crippen LogP contribution in [0.1, 0.15) is 6.92 Å². The Morgan fingerprint density at radius 3 is 2.74 bits per heavy atom. The second kappa shape index (κ2) is 8.89. The lowest BCUT2D eigenvalue weighted by molar-refractivity contribution is -0.113. The molecule has 0 aliphatic carbocycles. The number of nitrogens with zero attached hydrogens (tertiary/aromatic N) is 3. The lowest BCUT2D eigenvalue weighted by Gasteiger charge is -2.30. The van der Waals surface area contributed by atoms with Crippen LogP contribution in [-0.2, 0) is 14.8 Å². The number of sulfonamides is 1. The summed E-state index contributed by atoms with van der Waals surface area (Å²) in [6.07, 6.45) is 3.31. The highest BCUT2D eigenvalue weighted by Crippen LogP contribution is 2.41. The maximum atomic E-state index is 13.0. The van der Waals surface area contributed by atoms with Crippen LogP contribution in [0.2, 0.25) is 0 Å². The van der Waals surface area contributed by atoms with E-state index in [0.717, 1.165) is 27.9 Å². The van der Waals surface area contributed by atoms with Crippen LogP contribution in [-0.4, -0.2) is 42.8 Å². The van der Waals surface area contributed by atoms with E-state index in [1.165, 1.54) is 10.5 Å². The van der Waals surface area contributed by atoms with Crippen LogP contribution in [0.3, 0.4) is 0 Å². The van der Waals surface area contributed by atoms with Gasteiger partial charge in [-0.15, -0.1) is 11.8 Å². The van der Waals surface area contributed by atoms with E-state index >= 15 is 0 Å². The van der Waals surface area contributed by atoms with Gasteiger partial charge in [-0.1, -0.05) is 36.0 Å². The summed E-state index contributed by atoms with van der Waals surface area (Å²) in [5.74, 6) is -0.0765. The van der Waals surface area contributed by atoms with Gasteiger partial charge in [-0.25, -0.2) is 18.4 Å². The lowest BCUT2D eigenvalue weighted by Crippen LogP contribution is -2.34. The molecule has 0 saturated heterocycles. The first-order chi connectivity index (χ1) is 14.9. The van der Waals surface area contributed by atoms with E-state index in [1.54, 1.807) is 30.8 Å². The number of anilines is 2. The minimum atomic E-state index is -3.72. The molecule has 0 spiro atoms. The Bertz CT molecular complexity index is 1250. The monoisotopic (exact) mass is 472 g/mol. The topological polar surface area (TPSA) is 92.3 Å². The number of carbonyl (C=O) groups is 1. The van der Waals surface area contributed by atoms with Gasteiger partial charge in [0.25, 0.3) is 10.0 Å². The Kier molecular flexibility index (Phi) is 6.22. The lowest BCUT2D eigenvalue weighted by atomic mass is 10.1. The van der Waals surface area contributed by atoms with Crippen molar-refractivity contribution in [2.45, 2.75) is 21.9 Å². The number of nitrogens with one attached hydrogen (secondary N) is 1. The van der Waals surface area contributed by atoms with Crippen LogP contribution >= 0.6 is 23.5 Å². The molecule has 0 atom stereocenters. The molecule has 2 aromatic carbocycles. The highest BCUT2D eigenvalue weighted by molar-refractivity contribution is 7.99. The zero-order valence-corrected chi connectivity index (χ0v) is 19.4. The van der Waals surface area contributed by atoms with Gasteiger partial charge in [-0.2, -0.15) is 0 Å². The molecule has 0 radical (unpaired) electrons. The van der Waals surface area contributed by atoms with E-state index in [4.69, 9.17) is 0 Å². The summed E-state index contributed by atoms with van der Waals surface area (Å²) in [5, 5.41) is 3.21. The normalized spacial score (nSPS) is 13.9. The first kappa shape index (κ1) is 21.7. The SMILES string of the molecule is CCN1c2ccccc2-c2nc(SCC(=O)Nc3cccc(SC)c3)ncc2S1(=O)=O. The number of hydrogen-bond acceptors (Lipinski definition) is 7. The fourth-order valence-electron chi connectivity index (χ4n) is 3.31. The fourth-order valence-corrected chi connectivity index (χ4v) is 5.97.